The Morgan fingerprint density at radius 3 is 2.56 bits per heavy atom. The predicted octanol–water partition coefficient (Wildman–Crippen LogP) is 3.75. The quantitative estimate of drug-likeness (QED) is 0.728. The van der Waals surface area contributed by atoms with Crippen molar-refractivity contribution >= 4 is 0 Å². The molecule has 2 unspecified atom stereocenters. The van der Waals surface area contributed by atoms with Crippen molar-refractivity contribution in [1.82, 2.24) is 5.32 Å². The molecule has 2 heteroatoms. The van der Waals surface area contributed by atoms with Crippen molar-refractivity contribution in [3.05, 3.63) is 0 Å². The summed E-state index contributed by atoms with van der Waals surface area (Å²) in [4.78, 5) is 0. The molecule has 0 radical (unpaired) electrons. The van der Waals surface area contributed by atoms with Crippen LogP contribution in [-0.4, -0.2) is 25.8 Å². The standard InChI is InChI=1S/C16H31NO/c1-2-14-7-10-17-16(13-14)6-4-3-5-15-8-11-18-12-9-15/h14-17H,2-13H2,1H3. The normalized spacial score (nSPS) is 30.5. The van der Waals surface area contributed by atoms with Gasteiger partial charge >= 0.3 is 0 Å². The highest BCUT2D eigenvalue weighted by Gasteiger charge is 2.20. The zero-order valence-electron chi connectivity index (χ0n) is 12.1. The molecular weight excluding hydrogens is 222 g/mol. The molecule has 0 aromatic carbocycles. The van der Waals surface area contributed by atoms with Crippen LogP contribution in [0.25, 0.3) is 0 Å². The van der Waals surface area contributed by atoms with Gasteiger partial charge in [0.25, 0.3) is 0 Å². The van der Waals surface area contributed by atoms with E-state index in [9.17, 15) is 0 Å². The summed E-state index contributed by atoms with van der Waals surface area (Å²) in [6.07, 6.45) is 12.5. The van der Waals surface area contributed by atoms with Gasteiger partial charge in [-0.15, -0.1) is 0 Å². The summed E-state index contributed by atoms with van der Waals surface area (Å²) in [6, 6.07) is 0.818. The van der Waals surface area contributed by atoms with Gasteiger partial charge in [0.15, 0.2) is 0 Å². The van der Waals surface area contributed by atoms with Gasteiger partial charge in [0.2, 0.25) is 0 Å². The number of ether oxygens (including phenoxy) is 1. The Hall–Kier alpha value is -0.0800. The highest BCUT2D eigenvalue weighted by Crippen LogP contribution is 2.24. The third-order valence-electron chi connectivity index (χ3n) is 4.94. The molecule has 2 aliphatic rings. The SMILES string of the molecule is CCC1CCNC(CCCCC2CCOCC2)C1. The molecule has 1 N–H and O–H groups in total. The molecule has 2 saturated heterocycles. The van der Waals surface area contributed by atoms with E-state index >= 15 is 0 Å². The second kappa shape index (κ2) is 8.16. The summed E-state index contributed by atoms with van der Waals surface area (Å²) >= 11 is 0. The van der Waals surface area contributed by atoms with Crippen molar-refractivity contribution < 1.29 is 4.74 Å². The Morgan fingerprint density at radius 1 is 1.00 bits per heavy atom. The molecule has 2 aliphatic heterocycles. The maximum atomic E-state index is 5.42. The lowest BCUT2D eigenvalue weighted by Crippen LogP contribution is -2.37. The number of nitrogens with one attached hydrogen (secondary N) is 1. The van der Waals surface area contributed by atoms with Crippen LogP contribution in [0.3, 0.4) is 0 Å². The molecule has 2 rings (SSSR count). The second-order valence-corrected chi connectivity index (χ2v) is 6.29. The molecule has 0 amide bonds. The summed E-state index contributed by atoms with van der Waals surface area (Å²) < 4.78 is 5.42. The van der Waals surface area contributed by atoms with E-state index in [1.54, 1.807) is 0 Å². The molecule has 2 heterocycles. The molecule has 0 spiro atoms. The zero-order chi connectivity index (χ0) is 12.6. The molecule has 18 heavy (non-hydrogen) atoms. The van der Waals surface area contributed by atoms with Gasteiger partial charge < -0.3 is 10.1 Å². The van der Waals surface area contributed by atoms with E-state index < -0.39 is 0 Å². The van der Waals surface area contributed by atoms with Gasteiger partial charge in [0.1, 0.15) is 0 Å². The van der Waals surface area contributed by atoms with E-state index in [-0.39, 0.29) is 0 Å². The second-order valence-electron chi connectivity index (χ2n) is 6.29. The molecule has 2 fully saturated rings. The van der Waals surface area contributed by atoms with Crippen LogP contribution in [0.2, 0.25) is 0 Å². The fourth-order valence-corrected chi connectivity index (χ4v) is 3.54. The Balaban J connectivity index is 1.52. The topological polar surface area (TPSA) is 21.3 Å². The number of rotatable bonds is 6. The summed E-state index contributed by atoms with van der Waals surface area (Å²) in [6.45, 7) is 5.61. The highest BCUT2D eigenvalue weighted by atomic mass is 16.5. The molecule has 2 atom stereocenters. The summed E-state index contributed by atoms with van der Waals surface area (Å²) in [5, 5.41) is 3.70. The van der Waals surface area contributed by atoms with Gasteiger partial charge in [-0.05, 0) is 50.5 Å². The number of piperidine rings is 1. The van der Waals surface area contributed by atoms with Crippen molar-refractivity contribution in [1.29, 1.82) is 0 Å². The van der Waals surface area contributed by atoms with Gasteiger partial charge in [0, 0.05) is 19.3 Å². The minimum absolute atomic E-state index is 0.818. The van der Waals surface area contributed by atoms with E-state index in [0.29, 0.717) is 0 Å². The van der Waals surface area contributed by atoms with E-state index in [2.05, 4.69) is 12.2 Å². The minimum atomic E-state index is 0.818. The first kappa shape index (κ1) is 14.3. The molecule has 0 aromatic rings. The first-order chi connectivity index (χ1) is 8.88. The van der Waals surface area contributed by atoms with Crippen LogP contribution >= 0.6 is 0 Å². The van der Waals surface area contributed by atoms with E-state index in [1.807, 2.05) is 0 Å². The average molecular weight is 253 g/mol. The number of unbranched alkanes of at least 4 members (excludes halogenated alkanes) is 1. The number of hydrogen-bond acceptors (Lipinski definition) is 2. The molecular formula is C16H31NO. The Kier molecular flexibility index (Phi) is 6.50. The van der Waals surface area contributed by atoms with E-state index in [1.165, 1.54) is 64.3 Å². The average Bonchev–Trinajstić information content (AvgIpc) is 2.45. The first-order valence-corrected chi connectivity index (χ1v) is 8.19. The molecule has 0 aromatic heterocycles. The van der Waals surface area contributed by atoms with Crippen LogP contribution in [-0.2, 0) is 4.74 Å². The summed E-state index contributed by atoms with van der Waals surface area (Å²) in [7, 11) is 0. The molecule has 0 saturated carbocycles. The van der Waals surface area contributed by atoms with Crippen molar-refractivity contribution in [3.8, 4) is 0 Å². The lowest BCUT2D eigenvalue weighted by Gasteiger charge is -2.30. The molecule has 2 nitrogen and oxygen atoms in total. The first-order valence-electron chi connectivity index (χ1n) is 8.19. The third kappa shape index (κ3) is 4.89. The predicted molar refractivity (Wildman–Crippen MR) is 76.8 cm³/mol. The lowest BCUT2D eigenvalue weighted by molar-refractivity contribution is 0.0630. The van der Waals surface area contributed by atoms with Gasteiger partial charge in [-0.2, -0.15) is 0 Å². The van der Waals surface area contributed by atoms with E-state index in [4.69, 9.17) is 4.74 Å². The molecule has 0 aliphatic carbocycles. The zero-order valence-corrected chi connectivity index (χ0v) is 12.1. The van der Waals surface area contributed by atoms with E-state index in [0.717, 1.165) is 31.1 Å². The fraction of sp³-hybridized carbons (Fsp3) is 1.00. The fourth-order valence-electron chi connectivity index (χ4n) is 3.54. The van der Waals surface area contributed by atoms with Crippen LogP contribution in [0.4, 0.5) is 0 Å². The Morgan fingerprint density at radius 2 is 1.78 bits per heavy atom. The van der Waals surface area contributed by atoms with Gasteiger partial charge in [0.05, 0.1) is 0 Å². The maximum absolute atomic E-state index is 5.42. The lowest BCUT2D eigenvalue weighted by atomic mass is 9.87. The monoisotopic (exact) mass is 253 g/mol. The largest absolute Gasteiger partial charge is 0.381 e. The molecule has 106 valence electrons. The van der Waals surface area contributed by atoms with Crippen molar-refractivity contribution in [2.45, 2.75) is 70.8 Å². The van der Waals surface area contributed by atoms with Gasteiger partial charge in [-0.3, -0.25) is 0 Å². The Labute approximate surface area is 113 Å². The molecule has 0 bridgehead atoms. The highest BCUT2D eigenvalue weighted by molar-refractivity contribution is 4.77. The van der Waals surface area contributed by atoms with Crippen LogP contribution in [0.5, 0.6) is 0 Å². The van der Waals surface area contributed by atoms with Gasteiger partial charge in [-0.1, -0.05) is 32.6 Å². The summed E-state index contributed by atoms with van der Waals surface area (Å²) in [5.74, 6) is 1.95. The Bertz CT molecular complexity index is 213. The summed E-state index contributed by atoms with van der Waals surface area (Å²) in [5.41, 5.74) is 0. The van der Waals surface area contributed by atoms with Crippen LogP contribution in [0.1, 0.15) is 64.7 Å². The maximum Gasteiger partial charge on any atom is 0.0468 e. The third-order valence-corrected chi connectivity index (χ3v) is 4.94. The van der Waals surface area contributed by atoms with Crippen molar-refractivity contribution in [2.75, 3.05) is 19.8 Å². The van der Waals surface area contributed by atoms with Crippen LogP contribution < -0.4 is 5.32 Å². The van der Waals surface area contributed by atoms with Crippen LogP contribution in [0, 0.1) is 11.8 Å². The number of hydrogen-bond donors (Lipinski definition) is 1. The van der Waals surface area contributed by atoms with Crippen molar-refractivity contribution in [2.24, 2.45) is 11.8 Å². The van der Waals surface area contributed by atoms with Gasteiger partial charge in [-0.25, -0.2) is 0 Å². The smallest absolute Gasteiger partial charge is 0.0468 e. The van der Waals surface area contributed by atoms with Crippen molar-refractivity contribution in [3.63, 3.8) is 0 Å². The van der Waals surface area contributed by atoms with Crippen LogP contribution in [0.15, 0.2) is 0 Å². The minimum Gasteiger partial charge on any atom is -0.381 e.